The number of fused-ring (bicyclic) bond motifs is 1. The van der Waals surface area contributed by atoms with Gasteiger partial charge in [0.25, 0.3) is 11.2 Å². The summed E-state index contributed by atoms with van der Waals surface area (Å²) >= 11 is 1.10. The molecule has 0 N–H and O–H groups in total. The smallest absolute Gasteiger partial charge is 0.338 e. The number of carbonyl (C=O) groups excluding carboxylic acids is 2. The van der Waals surface area contributed by atoms with Crippen molar-refractivity contribution in [3.63, 3.8) is 0 Å². The normalized spacial score (nSPS) is 14.7. The van der Waals surface area contributed by atoms with Crippen LogP contribution in [0.2, 0.25) is 0 Å². The van der Waals surface area contributed by atoms with Gasteiger partial charge in [0.15, 0.2) is 4.80 Å². The van der Waals surface area contributed by atoms with Gasteiger partial charge in [-0.2, -0.15) is 0 Å². The summed E-state index contributed by atoms with van der Waals surface area (Å²) in [6.45, 7) is 7.02. The second kappa shape index (κ2) is 12.0. The van der Waals surface area contributed by atoms with Crippen LogP contribution in [-0.4, -0.2) is 34.6 Å². The van der Waals surface area contributed by atoms with Crippen LogP contribution in [0, 0.1) is 17.0 Å². The molecule has 1 aliphatic rings. The number of rotatable bonds is 8. The molecular formula is C31H27N3O8S. The van der Waals surface area contributed by atoms with Crippen LogP contribution in [0.5, 0.6) is 0 Å². The van der Waals surface area contributed by atoms with Gasteiger partial charge in [0, 0.05) is 23.3 Å². The third-order valence-corrected chi connectivity index (χ3v) is 7.80. The molecule has 1 aliphatic heterocycles. The van der Waals surface area contributed by atoms with Gasteiger partial charge in [0.05, 0.1) is 45.5 Å². The highest BCUT2D eigenvalue weighted by atomic mass is 32.1. The average molecular weight is 602 g/mol. The van der Waals surface area contributed by atoms with Gasteiger partial charge < -0.3 is 13.9 Å². The summed E-state index contributed by atoms with van der Waals surface area (Å²) in [7, 11) is 0. The van der Waals surface area contributed by atoms with Crippen molar-refractivity contribution in [3.05, 3.63) is 118 Å². The molecule has 0 bridgehead atoms. The fourth-order valence-corrected chi connectivity index (χ4v) is 5.86. The van der Waals surface area contributed by atoms with Crippen LogP contribution in [-0.2, 0) is 14.3 Å². The Labute approximate surface area is 249 Å². The number of allylic oxidation sites excluding steroid dienone is 1. The first-order chi connectivity index (χ1) is 20.6. The first kappa shape index (κ1) is 29.4. The number of esters is 2. The van der Waals surface area contributed by atoms with Crippen molar-refractivity contribution in [1.82, 2.24) is 4.57 Å². The van der Waals surface area contributed by atoms with Crippen molar-refractivity contribution in [2.24, 2.45) is 4.99 Å². The third-order valence-electron chi connectivity index (χ3n) is 6.82. The molecule has 0 aliphatic carbocycles. The van der Waals surface area contributed by atoms with Crippen LogP contribution in [0.4, 0.5) is 5.69 Å². The molecule has 4 aromatic rings. The zero-order valence-corrected chi connectivity index (χ0v) is 24.6. The Kier molecular flexibility index (Phi) is 8.22. The van der Waals surface area contributed by atoms with Crippen LogP contribution in [0.1, 0.15) is 54.1 Å². The summed E-state index contributed by atoms with van der Waals surface area (Å²) < 4.78 is 18.0. The number of furan rings is 1. The van der Waals surface area contributed by atoms with Crippen molar-refractivity contribution in [1.29, 1.82) is 0 Å². The standard InChI is InChI=1S/C31H27N3O8S/c1-5-40-29(36)21-9-7-8-19(14-21)24-13-12-22(42-24)16-25-28(35)33-27(20-11-10-17(3)23(15-20)34(38)39)26(30(37)41-6-2)18(4)32-31(33)43-25/h7-16,27H,5-6H2,1-4H3/b25-16+/t27-/m1/s1. The summed E-state index contributed by atoms with van der Waals surface area (Å²) in [6, 6.07) is 13.9. The van der Waals surface area contributed by atoms with E-state index in [-0.39, 0.29) is 29.0 Å². The number of carbonyl (C=O) groups is 2. The predicted molar refractivity (Wildman–Crippen MR) is 158 cm³/mol. The van der Waals surface area contributed by atoms with Crippen molar-refractivity contribution in [3.8, 4) is 11.3 Å². The minimum absolute atomic E-state index is 0.102. The van der Waals surface area contributed by atoms with Gasteiger partial charge in [-0.1, -0.05) is 35.6 Å². The number of hydrogen-bond donors (Lipinski definition) is 0. The second-order valence-electron chi connectivity index (χ2n) is 9.61. The molecule has 2 aromatic carbocycles. The minimum atomic E-state index is -0.991. The highest BCUT2D eigenvalue weighted by Gasteiger charge is 2.34. The molecule has 0 amide bonds. The Morgan fingerprint density at radius 1 is 1.07 bits per heavy atom. The van der Waals surface area contributed by atoms with Crippen LogP contribution in [0.25, 0.3) is 17.4 Å². The van der Waals surface area contributed by atoms with Crippen molar-refractivity contribution in [2.45, 2.75) is 33.7 Å². The van der Waals surface area contributed by atoms with E-state index in [2.05, 4.69) is 4.99 Å². The first-order valence-corrected chi connectivity index (χ1v) is 14.3. The van der Waals surface area contributed by atoms with E-state index in [9.17, 15) is 24.5 Å². The van der Waals surface area contributed by atoms with Crippen molar-refractivity contribution >= 4 is 35.0 Å². The fraction of sp³-hybridized carbons (Fsp3) is 0.226. The molecule has 0 unspecified atom stereocenters. The molecular weight excluding hydrogens is 574 g/mol. The van der Waals surface area contributed by atoms with Gasteiger partial charge in [0.2, 0.25) is 0 Å². The Morgan fingerprint density at radius 3 is 2.53 bits per heavy atom. The Morgan fingerprint density at radius 2 is 1.81 bits per heavy atom. The SMILES string of the molecule is CCOC(=O)C1=C(C)N=c2s/c(=C/c3ccc(-c4cccc(C(=O)OCC)c4)o3)c(=O)n2[C@@H]1c1ccc(C)c([N+](=O)[O-])c1. The Hall–Kier alpha value is -5.10. The molecule has 43 heavy (non-hydrogen) atoms. The van der Waals surface area contributed by atoms with Gasteiger partial charge in [0.1, 0.15) is 11.5 Å². The number of nitrogens with zero attached hydrogens (tertiary/aromatic N) is 3. The maximum Gasteiger partial charge on any atom is 0.338 e. The molecule has 2 aromatic heterocycles. The number of nitro benzene ring substituents is 1. The van der Waals surface area contributed by atoms with E-state index >= 15 is 0 Å². The number of thiazole rings is 1. The van der Waals surface area contributed by atoms with E-state index in [0.717, 1.165) is 11.3 Å². The van der Waals surface area contributed by atoms with Crippen LogP contribution >= 0.6 is 11.3 Å². The van der Waals surface area contributed by atoms with Crippen LogP contribution in [0.3, 0.4) is 0 Å². The lowest BCUT2D eigenvalue weighted by Gasteiger charge is -2.24. The van der Waals surface area contributed by atoms with Crippen molar-refractivity contribution in [2.75, 3.05) is 13.2 Å². The van der Waals surface area contributed by atoms with Gasteiger partial charge in [-0.25, -0.2) is 14.6 Å². The quantitative estimate of drug-likeness (QED) is 0.164. The van der Waals surface area contributed by atoms with Crippen LogP contribution in [0.15, 0.2) is 80.1 Å². The molecule has 0 spiro atoms. The summed E-state index contributed by atoms with van der Waals surface area (Å²) in [5, 5.41) is 11.7. The molecule has 0 saturated heterocycles. The highest BCUT2D eigenvalue weighted by molar-refractivity contribution is 7.07. The van der Waals surface area contributed by atoms with Crippen LogP contribution < -0.4 is 14.9 Å². The van der Waals surface area contributed by atoms with E-state index in [1.165, 1.54) is 10.6 Å². The molecule has 11 nitrogen and oxygen atoms in total. The van der Waals surface area contributed by atoms with E-state index < -0.39 is 28.5 Å². The van der Waals surface area contributed by atoms with Gasteiger partial charge in [-0.3, -0.25) is 19.5 Å². The molecule has 0 saturated carbocycles. The third kappa shape index (κ3) is 5.69. The monoisotopic (exact) mass is 601 g/mol. The van der Waals surface area contributed by atoms with Gasteiger partial charge in [-0.05, 0) is 57.5 Å². The number of aryl methyl sites for hydroxylation is 1. The molecule has 5 rings (SSSR count). The number of ether oxygens (including phenoxy) is 2. The molecule has 1 atom stereocenters. The fourth-order valence-electron chi connectivity index (χ4n) is 4.83. The maximum absolute atomic E-state index is 13.9. The largest absolute Gasteiger partial charge is 0.463 e. The summed E-state index contributed by atoms with van der Waals surface area (Å²) in [4.78, 5) is 55.2. The number of nitro groups is 1. The summed E-state index contributed by atoms with van der Waals surface area (Å²) in [6.07, 6.45) is 1.57. The number of aromatic nitrogens is 1. The Balaban J connectivity index is 1.61. The number of benzene rings is 2. The Bertz CT molecular complexity index is 1980. The lowest BCUT2D eigenvalue weighted by molar-refractivity contribution is -0.385. The van der Waals surface area contributed by atoms with Gasteiger partial charge >= 0.3 is 11.9 Å². The second-order valence-corrected chi connectivity index (χ2v) is 10.6. The molecule has 12 heteroatoms. The van der Waals surface area contributed by atoms with E-state index in [0.29, 0.717) is 44.3 Å². The van der Waals surface area contributed by atoms with E-state index in [4.69, 9.17) is 13.9 Å². The average Bonchev–Trinajstić information content (AvgIpc) is 3.57. The predicted octanol–water partition coefficient (Wildman–Crippen LogP) is 4.45. The van der Waals surface area contributed by atoms with E-state index in [1.54, 1.807) is 82.3 Å². The highest BCUT2D eigenvalue weighted by Crippen LogP contribution is 2.33. The molecule has 3 heterocycles. The molecule has 0 fully saturated rings. The maximum atomic E-state index is 13.9. The van der Waals surface area contributed by atoms with Gasteiger partial charge in [-0.15, -0.1) is 0 Å². The lowest BCUT2D eigenvalue weighted by Crippen LogP contribution is -2.40. The van der Waals surface area contributed by atoms with Crippen molar-refractivity contribution < 1.29 is 28.4 Å². The zero-order chi connectivity index (χ0) is 30.8. The summed E-state index contributed by atoms with van der Waals surface area (Å²) in [5.74, 6) is -0.240. The molecule has 220 valence electrons. The lowest BCUT2D eigenvalue weighted by atomic mass is 9.94. The van der Waals surface area contributed by atoms with E-state index in [1.807, 2.05) is 0 Å². The summed E-state index contributed by atoms with van der Waals surface area (Å²) in [5.41, 5.74) is 1.75. The zero-order valence-electron chi connectivity index (χ0n) is 23.8. The topological polar surface area (TPSA) is 143 Å². The minimum Gasteiger partial charge on any atom is -0.463 e. The molecule has 0 radical (unpaired) electrons. The number of hydrogen-bond acceptors (Lipinski definition) is 10. The first-order valence-electron chi connectivity index (χ1n) is 13.4.